The Balaban J connectivity index is 1.58. The molecule has 216 valence electrons. The van der Waals surface area contributed by atoms with Gasteiger partial charge in [-0.3, -0.25) is 5.10 Å². The minimum absolute atomic E-state index is 0.220. The van der Waals surface area contributed by atoms with Crippen LogP contribution in [0.15, 0.2) is 24.3 Å². The molecule has 4 N–H and O–H groups in total. The summed E-state index contributed by atoms with van der Waals surface area (Å²) < 4.78 is 6.15. The first-order valence-electron chi connectivity index (χ1n) is 14.5. The van der Waals surface area contributed by atoms with Gasteiger partial charge in [-0.05, 0) is 51.3 Å². The molecule has 3 atom stereocenters. The predicted molar refractivity (Wildman–Crippen MR) is 165 cm³/mol. The van der Waals surface area contributed by atoms with Gasteiger partial charge in [-0.25, -0.2) is 4.98 Å². The molecule has 1 fully saturated rings. The van der Waals surface area contributed by atoms with E-state index in [1.165, 1.54) is 12.6 Å². The Morgan fingerprint density at radius 1 is 1.23 bits per heavy atom. The molecule has 0 aliphatic carbocycles. The van der Waals surface area contributed by atoms with Gasteiger partial charge in [-0.1, -0.05) is 20.3 Å². The summed E-state index contributed by atoms with van der Waals surface area (Å²) in [5.74, 6) is 3.41. The van der Waals surface area contributed by atoms with Crippen molar-refractivity contribution in [2.75, 3.05) is 56.2 Å². The number of hydrogen-bond donors (Lipinski definition) is 4. The van der Waals surface area contributed by atoms with Gasteiger partial charge in [0.2, 0.25) is 5.95 Å². The molecule has 0 saturated carbocycles. The average Bonchev–Trinajstić information content (AvgIpc) is 3.34. The fourth-order valence-corrected chi connectivity index (χ4v) is 6.18. The maximum Gasteiger partial charge on any atom is 0.225 e. The third-order valence-corrected chi connectivity index (χ3v) is 8.76. The summed E-state index contributed by atoms with van der Waals surface area (Å²) in [6.45, 7) is 9.97. The summed E-state index contributed by atoms with van der Waals surface area (Å²) in [5, 5.41) is 27.8. The second-order valence-corrected chi connectivity index (χ2v) is 12.2. The molecule has 11 heteroatoms. The second kappa shape index (κ2) is 15.1. The number of aryl methyl sites for hydroxylation is 1. The Labute approximate surface area is 239 Å². The van der Waals surface area contributed by atoms with Crippen molar-refractivity contribution in [3.05, 3.63) is 30.0 Å². The van der Waals surface area contributed by atoms with Crippen LogP contribution in [0, 0.1) is 24.2 Å². The number of nitriles is 1. The second-order valence-electron chi connectivity index (χ2n) is 10.8. The van der Waals surface area contributed by atoms with Crippen LogP contribution in [-0.4, -0.2) is 82.8 Å². The molecule has 1 aliphatic rings. The van der Waals surface area contributed by atoms with Crippen LogP contribution in [0.1, 0.15) is 45.2 Å². The first-order valence-corrected chi connectivity index (χ1v) is 15.9. The van der Waals surface area contributed by atoms with E-state index in [1.807, 2.05) is 31.2 Å². The maximum atomic E-state index is 8.96. The molecule has 0 bridgehead atoms. The fraction of sp³-hybridized carbons (Fsp3) is 0.586. The topological polar surface area (TPSA) is 127 Å². The lowest BCUT2D eigenvalue weighted by Gasteiger charge is -2.35. The van der Waals surface area contributed by atoms with Gasteiger partial charge in [-0.15, -0.1) is 8.58 Å². The quantitative estimate of drug-likeness (QED) is 0.134. The largest absolute Gasteiger partial charge is 0.493 e. The van der Waals surface area contributed by atoms with Crippen molar-refractivity contribution in [1.82, 2.24) is 30.4 Å². The maximum absolute atomic E-state index is 8.96. The summed E-state index contributed by atoms with van der Waals surface area (Å²) in [6, 6.07) is 10.8. The van der Waals surface area contributed by atoms with Crippen molar-refractivity contribution < 1.29 is 4.74 Å². The van der Waals surface area contributed by atoms with Crippen molar-refractivity contribution in [2.24, 2.45) is 5.92 Å². The number of nitrogens with one attached hydrogen (secondary N) is 4. The standard InChI is InChI=1S/C29H44N9OP/c1-5-12-40-19-23(14-22(6-2)31-11-7-10-30)32-29-33-26-15-24(39-18-21-16-38(4)17-21)8-9-25(26)28(35-29)34-27-13-20(3)36-37-27/h8-9,13,15,21-23,31,40H,5-7,11-12,14,16-19H2,1-4H3,(H3,32,33,34,35,36,37). The number of hydrogen-bond acceptors (Lipinski definition) is 9. The lowest BCUT2D eigenvalue weighted by atomic mass is 10.0. The number of likely N-dealkylation sites (tertiary alicyclic amines) is 1. The first-order chi connectivity index (χ1) is 19.5. The Bertz CT molecular complexity index is 1250. The van der Waals surface area contributed by atoms with E-state index in [4.69, 9.17) is 20.0 Å². The molecule has 0 amide bonds. The van der Waals surface area contributed by atoms with E-state index in [1.54, 1.807) is 0 Å². The zero-order valence-electron chi connectivity index (χ0n) is 24.3. The molecule has 1 saturated heterocycles. The van der Waals surface area contributed by atoms with Crippen molar-refractivity contribution in [2.45, 2.75) is 58.5 Å². The Morgan fingerprint density at radius 2 is 2.08 bits per heavy atom. The Morgan fingerprint density at radius 3 is 2.77 bits per heavy atom. The zero-order chi connectivity index (χ0) is 28.3. The van der Waals surface area contributed by atoms with Gasteiger partial charge < -0.3 is 25.6 Å². The molecule has 0 spiro atoms. The highest BCUT2D eigenvalue weighted by atomic mass is 31.1. The van der Waals surface area contributed by atoms with Crippen molar-refractivity contribution in [1.29, 1.82) is 5.26 Å². The molecule has 2 aromatic heterocycles. The van der Waals surface area contributed by atoms with Crippen LogP contribution in [0.5, 0.6) is 5.75 Å². The van der Waals surface area contributed by atoms with E-state index >= 15 is 0 Å². The number of rotatable bonds is 17. The average molecular weight is 566 g/mol. The first kappa shape index (κ1) is 30.0. The summed E-state index contributed by atoms with van der Waals surface area (Å²) >= 11 is 0. The van der Waals surface area contributed by atoms with Gasteiger partial charge in [0.15, 0.2) is 5.82 Å². The molecule has 40 heavy (non-hydrogen) atoms. The summed E-state index contributed by atoms with van der Waals surface area (Å²) in [6.07, 6.45) is 5.93. The highest BCUT2D eigenvalue weighted by molar-refractivity contribution is 7.38. The number of nitrogens with zero attached hydrogens (tertiary/aromatic N) is 5. The minimum Gasteiger partial charge on any atom is -0.493 e. The third-order valence-electron chi connectivity index (χ3n) is 7.13. The van der Waals surface area contributed by atoms with Crippen LogP contribution >= 0.6 is 8.58 Å². The highest BCUT2D eigenvalue weighted by Crippen LogP contribution is 2.29. The number of aromatic nitrogens is 4. The van der Waals surface area contributed by atoms with Crippen LogP contribution in [0.2, 0.25) is 0 Å². The molecular weight excluding hydrogens is 521 g/mol. The van der Waals surface area contributed by atoms with Crippen LogP contribution < -0.4 is 20.7 Å². The molecule has 4 rings (SSSR count). The van der Waals surface area contributed by atoms with Crippen LogP contribution in [0.3, 0.4) is 0 Å². The molecule has 3 aromatic rings. The van der Waals surface area contributed by atoms with Crippen molar-refractivity contribution in [3.8, 4) is 11.8 Å². The molecule has 3 unspecified atom stereocenters. The van der Waals surface area contributed by atoms with Gasteiger partial charge in [0.1, 0.15) is 11.6 Å². The number of fused-ring (bicyclic) bond motifs is 1. The number of benzene rings is 1. The van der Waals surface area contributed by atoms with Crippen LogP contribution in [0.4, 0.5) is 17.6 Å². The predicted octanol–water partition coefficient (Wildman–Crippen LogP) is 4.89. The molecule has 1 aromatic carbocycles. The molecular formula is C29H44N9OP. The number of ether oxygens (including phenoxy) is 1. The molecule has 3 heterocycles. The smallest absolute Gasteiger partial charge is 0.225 e. The third kappa shape index (κ3) is 8.76. The van der Waals surface area contributed by atoms with E-state index in [2.05, 4.69) is 58.0 Å². The zero-order valence-corrected chi connectivity index (χ0v) is 25.3. The van der Waals surface area contributed by atoms with Gasteiger partial charge in [-0.2, -0.15) is 15.3 Å². The monoisotopic (exact) mass is 565 g/mol. The lowest BCUT2D eigenvalue weighted by molar-refractivity contribution is 0.0858. The fourth-order valence-electron chi connectivity index (χ4n) is 5.01. The SMILES string of the molecule is CCCPCC(CC(CC)NCCC#N)Nc1nc(Nc2cc(C)[nH]n2)c2ccc(OCC3CN(C)C3)cc2n1. The van der Waals surface area contributed by atoms with E-state index in [0.717, 1.165) is 63.0 Å². The van der Waals surface area contributed by atoms with Gasteiger partial charge in [0.25, 0.3) is 0 Å². The number of aromatic amines is 1. The Kier molecular flexibility index (Phi) is 11.3. The summed E-state index contributed by atoms with van der Waals surface area (Å²) in [5.41, 5.74) is 1.80. The molecule has 1 aliphatic heterocycles. The van der Waals surface area contributed by atoms with E-state index in [9.17, 15) is 0 Å². The van der Waals surface area contributed by atoms with Crippen LogP contribution in [-0.2, 0) is 0 Å². The molecule has 10 nitrogen and oxygen atoms in total. The van der Waals surface area contributed by atoms with Gasteiger partial charge in [0.05, 0.1) is 18.2 Å². The highest BCUT2D eigenvalue weighted by Gasteiger charge is 2.24. The summed E-state index contributed by atoms with van der Waals surface area (Å²) in [4.78, 5) is 12.2. The van der Waals surface area contributed by atoms with E-state index in [0.29, 0.717) is 49.1 Å². The van der Waals surface area contributed by atoms with Crippen molar-refractivity contribution in [3.63, 3.8) is 0 Å². The molecule has 0 radical (unpaired) electrons. The van der Waals surface area contributed by atoms with Crippen LogP contribution in [0.25, 0.3) is 10.9 Å². The lowest BCUT2D eigenvalue weighted by Crippen LogP contribution is -2.46. The van der Waals surface area contributed by atoms with E-state index < -0.39 is 0 Å². The minimum atomic E-state index is 0.220. The number of anilines is 3. The normalized spacial score (nSPS) is 15.7. The number of H-pyrrole nitrogens is 1. The summed E-state index contributed by atoms with van der Waals surface area (Å²) in [7, 11) is 3.01. The van der Waals surface area contributed by atoms with E-state index in [-0.39, 0.29) is 6.04 Å². The van der Waals surface area contributed by atoms with Gasteiger partial charge in [0, 0.05) is 67.3 Å². The van der Waals surface area contributed by atoms with Gasteiger partial charge >= 0.3 is 0 Å². The van der Waals surface area contributed by atoms with Crippen molar-refractivity contribution >= 4 is 37.1 Å². The Hall–Kier alpha value is -2.99.